The van der Waals surface area contributed by atoms with Crippen LogP contribution in [0.15, 0.2) is 12.3 Å². The molecule has 0 radical (unpaired) electrons. The van der Waals surface area contributed by atoms with Gasteiger partial charge in [-0.15, -0.1) is 0 Å². The van der Waals surface area contributed by atoms with Gasteiger partial charge in [-0.25, -0.2) is 4.79 Å². The molecule has 3 heteroatoms. The third kappa shape index (κ3) is 6.20. The van der Waals surface area contributed by atoms with E-state index in [1.54, 1.807) is 6.20 Å². The van der Waals surface area contributed by atoms with Crippen molar-refractivity contribution in [3.63, 3.8) is 0 Å². The van der Waals surface area contributed by atoms with Gasteiger partial charge < -0.3 is 9.64 Å². The van der Waals surface area contributed by atoms with Crippen LogP contribution >= 0.6 is 0 Å². The molecule has 0 heterocycles. The highest BCUT2D eigenvalue weighted by Gasteiger charge is 2.00. The molecule has 0 fully saturated rings. The lowest BCUT2D eigenvalue weighted by atomic mass is 10.1. The highest BCUT2D eigenvalue weighted by molar-refractivity contribution is 5.81. The van der Waals surface area contributed by atoms with Crippen molar-refractivity contribution in [3.05, 3.63) is 12.3 Å². The van der Waals surface area contributed by atoms with E-state index in [-0.39, 0.29) is 5.97 Å². The monoisotopic (exact) mass is 185 g/mol. The van der Waals surface area contributed by atoms with Crippen molar-refractivity contribution in [1.82, 2.24) is 4.90 Å². The first-order chi connectivity index (χ1) is 6.10. The van der Waals surface area contributed by atoms with Crippen LogP contribution in [0.4, 0.5) is 0 Å². The Balaban J connectivity index is 3.79. The fourth-order valence-corrected chi connectivity index (χ4v) is 0.938. The summed E-state index contributed by atoms with van der Waals surface area (Å²) < 4.78 is 4.48. The molecule has 0 aromatic heterocycles. The predicted molar refractivity (Wildman–Crippen MR) is 53.2 cm³/mol. The molecule has 0 bridgehead atoms. The van der Waals surface area contributed by atoms with Crippen LogP contribution < -0.4 is 0 Å². The van der Waals surface area contributed by atoms with E-state index in [2.05, 4.69) is 18.6 Å². The van der Waals surface area contributed by atoms with Gasteiger partial charge in [-0.05, 0) is 5.92 Å². The normalized spacial score (nSPS) is 12.9. The predicted octanol–water partition coefficient (Wildman–Crippen LogP) is 1.65. The molecule has 0 N–H and O–H groups in total. The van der Waals surface area contributed by atoms with Crippen LogP contribution in [0, 0.1) is 5.92 Å². The van der Waals surface area contributed by atoms with Gasteiger partial charge in [-0.3, -0.25) is 0 Å². The van der Waals surface area contributed by atoms with Gasteiger partial charge in [0.25, 0.3) is 0 Å². The number of carbonyl (C=O) groups is 1. The molecule has 0 spiro atoms. The minimum absolute atomic E-state index is 0.309. The van der Waals surface area contributed by atoms with Gasteiger partial charge in [0.15, 0.2) is 0 Å². The van der Waals surface area contributed by atoms with Gasteiger partial charge in [-0.1, -0.05) is 20.3 Å². The summed E-state index contributed by atoms with van der Waals surface area (Å²) in [4.78, 5) is 12.7. The van der Waals surface area contributed by atoms with Gasteiger partial charge in [0.05, 0.1) is 7.11 Å². The summed E-state index contributed by atoms with van der Waals surface area (Å²) in [7, 11) is 3.33. The average molecular weight is 185 g/mol. The van der Waals surface area contributed by atoms with Crippen LogP contribution in [0.2, 0.25) is 0 Å². The van der Waals surface area contributed by atoms with Crippen LogP contribution in [-0.4, -0.2) is 31.6 Å². The van der Waals surface area contributed by atoms with Crippen molar-refractivity contribution in [1.29, 1.82) is 0 Å². The van der Waals surface area contributed by atoms with E-state index in [9.17, 15) is 4.79 Å². The second-order valence-corrected chi connectivity index (χ2v) is 3.29. The highest BCUT2D eigenvalue weighted by atomic mass is 16.5. The molecule has 0 aliphatic heterocycles. The van der Waals surface area contributed by atoms with Gasteiger partial charge in [-0.2, -0.15) is 0 Å². The van der Waals surface area contributed by atoms with Gasteiger partial charge in [0.1, 0.15) is 0 Å². The van der Waals surface area contributed by atoms with E-state index >= 15 is 0 Å². The van der Waals surface area contributed by atoms with Crippen molar-refractivity contribution in [2.75, 3.05) is 20.7 Å². The zero-order valence-corrected chi connectivity index (χ0v) is 8.91. The molecular formula is C10H19NO2. The van der Waals surface area contributed by atoms with Crippen molar-refractivity contribution in [2.24, 2.45) is 5.92 Å². The first-order valence-corrected chi connectivity index (χ1v) is 4.56. The number of rotatable bonds is 5. The van der Waals surface area contributed by atoms with Crippen LogP contribution in [0.25, 0.3) is 0 Å². The Hall–Kier alpha value is -0.990. The zero-order valence-electron chi connectivity index (χ0n) is 8.91. The SMILES string of the molecule is CCC(C)CN(C)C=CC(=O)OC. The number of carbonyl (C=O) groups excluding carboxylic acids is 1. The van der Waals surface area contributed by atoms with E-state index in [0.29, 0.717) is 5.92 Å². The third-order valence-electron chi connectivity index (χ3n) is 1.96. The standard InChI is InChI=1S/C10H19NO2/c1-5-9(2)8-11(3)7-6-10(12)13-4/h6-7,9H,5,8H2,1-4H3. The molecule has 0 saturated heterocycles. The molecule has 76 valence electrons. The number of hydrogen-bond donors (Lipinski definition) is 0. The largest absolute Gasteiger partial charge is 0.466 e. The molecule has 0 aliphatic carbocycles. The molecule has 1 unspecified atom stereocenters. The van der Waals surface area contributed by atoms with Crippen molar-refractivity contribution >= 4 is 5.97 Å². The van der Waals surface area contributed by atoms with Gasteiger partial charge >= 0.3 is 5.97 Å². The fraction of sp³-hybridized carbons (Fsp3) is 0.700. The summed E-state index contributed by atoms with van der Waals surface area (Å²) in [5, 5.41) is 0. The maximum absolute atomic E-state index is 10.7. The Kier molecular flexibility index (Phi) is 6.02. The summed E-state index contributed by atoms with van der Waals surface area (Å²) >= 11 is 0. The lowest BCUT2D eigenvalue weighted by Crippen LogP contribution is -2.18. The van der Waals surface area contributed by atoms with Crippen molar-refractivity contribution in [3.8, 4) is 0 Å². The highest BCUT2D eigenvalue weighted by Crippen LogP contribution is 2.02. The smallest absolute Gasteiger partial charge is 0.331 e. The summed E-state index contributed by atoms with van der Waals surface area (Å²) in [6.45, 7) is 5.30. The van der Waals surface area contributed by atoms with E-state index < -0.39 is 0 Å². The second kappa shape index (κ2) is 6.52. The summed E-state index contributed by atoms with van der Waals surface area (Å²) in [6.07, 6.45) is 4.33. The van der Waals surface area contributed by atoms with Crippen molar-refractivity contribution < 1.29 is 9.53 Å². The van der Waals surface area contributed by atoms with Gasteiger partial charge in [0, 0.05) is 25.9 Å². The zero-order chi connectivity index (χ0) is 10.3. The maximum Gasteiger partial charge on any atom is 0.331 e. The van der Waals surface area contributed by atoms with Crippen LogP contribution in [0.5, 0.6) is 0 Å². The maximum atomic E-state index is 10.7. The summed E-state index contributed by atoms with van der Waals surface area (Å²) in [5.74, 6) is 0.336. The Labute approximate surface area is 80.4 Å². The molecule has 0 aromatic carbocycles. The molecule has 13 heavy (non-hydrogen) atoms. The number of hydrogen-bond acceptors (Lipinski definition) is 3. The second-order valence-electron chi connectivity index (χ2n) is 3.29. The summed E-state index contributed by atoms with van der Waals surface area (Å²) in [6, 6.07) is 0. The Morgan fingerprint density at radius 2 is 2.23 bits per heavy atom. The fourth-order valence-electron chi connectivity index (χ4n) is 0.938. The molecule has 0 aliphatic rings. The first kappa shape index (κ1) is 12.0. The Morgan fingerprint density at radius 3 is 2.69 bits per heavy atom. The summed E-state index contributed by atoms with van der Waals surface area (Å²) in [5.41, 5.74) is 0. The van der Waals surface area contributed by atoms with E-state index in [4.69, 9.17) is 0 Å². The third-order valence-corrected chi connectivity index (χ3v) is 1.96. The van der Waals surface area contributed by atoms with Crippen LogP contribution in [-0.2, 0) is 9.53 Å². The van der Waals surface area contributed by atoms with Crippen LogP contribution in [0.3, 0.4) is 0 Å². The lowest BCUT2D eigenvalue weighted by Gasteiger charge is -2.17. The van der Waals surface area contributed by atoms with E-state index in [0.717, 1.165) is 13.0 Å². The average Bonchev–Trinajstić information content (AvgIpc) is 2.13. The number of nitrogens with zero attached hydrogens (tertiary/aromatic N) is 1. The Bertz CT molecular complexity index is 178. The molecule has 0 amide bonds. The quantitative estimate of drug-likeness (QED) is 0.482. The lowest BCUT2D eigenvalue weighted by molar-refractivity contribution is -0.134. The molecule has 3 nitrogen and oxygen atoms in total. The van der Waals surface area contributed by atoms with E-state index in [1.165, 1.54) is 13.2 Å². The minimum atomic E-state index is -0.309. The molecule has 1 atom stereocenters. The van der Waals surface area contributed by atoms with Gasteiger partial charge in [0.2, 0.25) is 0 Å². The van der Waals surface area contributed by atoms with Crippen molar-refractivity contribution in [2.45, 2.75) is 20.3 Å². The number of methoxy groups -OCH3 is 1. The number of ether oxygens (including phenoxy) is 1. The van der Waals surface area contributed by atoms with E-state index in [1.807, 2.05) is 11.9 Å². The molecule has 0 aromatic rings. The molecular weight excluding hydrogens is 166 g/mol. The minimum Gasteiger partial charge on any atom is -0.466 e. The number of esters is 1. The molecule has 0 saturated carbocycles. The first-order valence-electron chi connectivity index (χ1n) is 4.56. The Morgan fingerprint density at radius 1 is 1.62 bits per heavy atom. The van der Waals surface area contributed by atoms with Crippen LogP contribution in [0.1, 0.15) is 20.3 Å². The topological polar surface area (TPSA) is 29.5 Å². The molecule has 0 rings (SSSR count).